The Morgan fingerprint density at radius 3 is 2.56 bits per heavy atom. The first-order valence-corrected chi connectivity index (χ1v) is 12.3. The number of rotatable bonds is 5. The first kappa shape index (κ1) is 28.7. The quantitative estimate of drug-likeness (QED) is 0.557. The molecule has 0 saturated carbocycles. The molecule has 0 aliphatic carbocycles. The maximum Gasteiger partial charge on any atom is 0.417 e. The van der Waals surface area contributed by atoms with Gasteiger partial charge in [-0.1, -0.05) is 13.0 Å². The number of hydrogen-bond acceptors (Lipinski definition) is 6. The highest BCUT2D eigenvalue weighted by Gasteiger charge is 2.66. The van der Waals surface area contributed by atoms with Crippen LogP contribution in [0.2, 0.25) is 0 Å². The summed E-state index contributed by atoms with van der Waals surface area (Å²) >= 11 is 0. The van der Waals surface area contributed by atoms with E-state index in [0.717, 1.165) is 39.1 Å². The minimum atomic E-state index is -4.89. The van der Waals surface area contributed by atoms with Gasteiger partial charge in [0.25, 0.3) is 11.8 Å². The fourth-order valence-electron chi connectivity index (χ4n) is 5.17. The van der Waals surface area contributed by atoms with E-state index in [4.69, 9.17) is 9.47 Å². The van der Waals surface area contributed by atoms with Gasteiger partial charge in [0, 0.05) is 42.4 Å². The average molecular weight is 557 g/mol. The second-order valence-electron chi connectivity index (χ2n) is 10.0. The van der Waals surface area contributed by atoms with Crippen molar-refractivity contribution in [2.24, 2.45) is 5.92 Å². The van der Waals surface area contributed by atoms with E-state index in [1.165, 1.54) is 25.3 Å². The van der Waals surface area contributed by atoms with E-state index in [-0.39, 0.29) is 22.9 Å². The summed E-state index contributed by atoms with van der Waals surface area (Å²) in [7, 11) is 2.93. The lowest BCUT2D eigenvalue weighted by atomic mass is 9.77. The number of carbonyl (C=O) groups is 2. The Labute approximate surface area is 222 Å². The molecule has 1 N–H and O–H groups in total. The number of ether oxygens (including phenoxy) is 2. The lowest BCUT2D eigenvalue weighted by Gasteiger charge is -2.33. The molecular weight excluding hydrogens is 527 g/mol. The van der Waals surface area contributed by atoms with Gasteiger partial charge in [-0.2, -0.15) is 17.6 Å². The number of amides is 2. The summed E-state index contributed by atoms with van der Waals surface area (Å²) in [5.74, 6) is -7.32. The molecule has 0 spiro atoms. The molecule has 2 amide bonds. The van der Waals surface area contributed by atoms with Crippen LogP contribution in [0.15, 0.2) is 30.5 Å². The highest BCUT2D eigenvalue weighted by atomic mass is 19.4. The van der Waals surface area contributed by atoms with Crippen molar-refractivity contribution in [3.05, 3.63) is 53.4 Å². The molecule has 3 heterocycles. The van der Waals surface area contributed by atoms with Crippen molar-refractivity contribution in [3.8, 4) is 5.75 Å². The topological polar surface area (TPSA) is 84.0 Å². The van der Waals surface area contributed by atoms with E-state index >= 15 is 0 Å². The van der Waals surface area contributed by atoms with Crippen LogP contribution >= 0.6 is 0 Å². The van der Waals surface area contributed by atoms with Gasteiger partial charge in [-0.3, -0.25) is 19.5 Å². The SMILES string of the molecule is COc1c([C@H]2[C@H](C(=O)Nc3ccnc(C(=O)N4CCCN(C)C4)c3)O[C@@](C)(C(F)(F)F)[C@H]2C)ccc(F)c1F. The van der Waals surface area contributed by atoms with E-state index in [9.17, 15) is 31.5 Å². The molecule has 4 atom stereocenters. The molecule has 0 radical (unpaired) electrons. The number of nitrogens with zero attached hydrogens (tertiary/aromatic N) is 3. The summed E-state index contributed by atoms with van der Waals surface area (Å²) in [5.41, 5.74) is -2.77. The molecule has 1 aromatic carbocycles. The normalized spacial score (nSPS) is 26.0. The molecule has 0 unspecified atom stereocenters. The van der Waals surface area contributed by atoms with E-state index < -0.39 is 53.0 Å². The first-order valence-electron chi connectivity index (χ1n) is 12.3. The van der Waals surface area contributed by atoms with Crippen LogP contribution in [0.3, 0.4) is 0 Å². The van der Waals surface area contributed by atoms with Gasteiger partial charge in [0.2, 0.25) is 5.82 Å². The van der Waals surface area contributed by atoms with Crippen molar-refractivity contribution in [2.45, 2.75) is 44.1 Å². The molecule has 2 fully saturated rings. The van der Waals surface area contributed by atoms with Crippen LogP contribution in [0.4, 0.5) is 27.6 Å². The van der Waals surface area contributed by atoms with Gasteiger partial charge in [-0.25, -0.2) is 4.39 Å². The minimum Gasteiger partial charge on any atom is -0.493 e. The Balaban J connectivity index is 1.66. The summed E-state index contributed by atoms with van der Waals surface area (Å²) in [4.78, 5) is 34.0. The second kappa shape index (κ2) is 10.7. The Morgan fingerprint density at radius 2 is 1.92 bits per heavy atom. The second-order valence-corrected chi connectivity index (χ2v) is 10.0. The van der Waals surface area contributed by atoms with Crippen molar-refractivity contribution >= 4 is 17.5 Å². The Morgan fingerprint density at radius 1 is 1.21 bits per heavy atom. The van der Waals surface area contributed by atoms with E-state index in [2.05, 4.69) is 10.3 Å². The third-order valence-corrected chi connectivity index (χ3v) is 7.48. The van der Waals surface area contributed by atoms with E-state index in [0.29, 0.717) is 13.2 Å². The predicted molar refractivity (Wildman–Crippen MR) is 130 cm³/mol. The number of nitrogens with one attached hydrogen (secondary N) is 1. The summed E-state index contributed by atoms with van der Waals surface area (Å²) in [6, 6.07) is 4.55. The molecule has 0 bridgehead atoms. The fourth-order valence-corrected chi connectivity index (χ4v) is 5.17. The number of benzene rings is 1. The van der Waals surface area contributed by atoms with Gasteiger partial charge >= 0.3 is 6.18 Å². The molecule has 2 aliphatic heterocycles. The predicted octanol–water partition coefficient (Wildman–Crippen LogP) is 4.18. The van der Waals surface area contributed by atoms with Crippen LogP contribution in [-0.4, -0.2) is 78.4 Å². The molecule has 1 aromatic heterocycles. The Kier molecular flexibility index (Phi) is 7.86. The van der Waals surface area contributed by atoms with Crippen molar-refractivity contribution in [2.75, 3.05) is 39.2 Å². The number of methoxy groups -OCH3 is 1. The smallest absolute Gasteiger partial charge is 0.417 e. The maximum absolute atomic E-state index is 14.5. The van der Waals surface area contributed by atoms with Crippen LogP contribution in [0.1, 0.15) is 42.2 Å². The highest BCUT2D eigenvalue weighted by molar-refractivity contribution is 5.98. The molecule has 2 aromatic rings. The van der Waals surface area contributed by atoms with Gasteiger partial charge in [0.1, 0.15) is 11.8 Å². The number of aromatic nitrogens is 1. The molecule has 8 nitrogen and oxygen atoms in total. The summed E-state index contributed by atoms with van der Waals surface area (Å²) in [6.45, 7) is 3.81. The van der Waals surface area contributed by atoms with Crippen LogP contribution in [0.25, 0.3) is 0 Å². The molecule has 2 aliphatic rings. The Hall–Kier alpha value is -3.32. The van der Waals surface area contributed by atoms with Gasteiger partial charge in [0.05, 0.1) is 13.8 Å². The molecule has 212 valence electrons. The summed E-state index contributed by atoms with van der Waals surface area (Å²) in [6.07, 6.45) is -4.57. The molecule has 4 rings (SSSR count). The average Bonchev–Trinajstić information content (AvgIpc) is 3.17. The monoisotopic (exact) mass is 556 g/mol. The number of halogens is 5. The number of anilines is 1. The third-order valence-electron chi connectivity index (χ3n) is 7.48. The third kappa shape index (κ3) is 5.29. The van der Waals surface area contributed by atoms with Crippen molar-refractivity contribution in [1.29, 1.82) is 0 Å². The minimum absolute atomic E-state index is 0.0442. The summed E-state index contributed by atoms with van der Waals surface area (Å²) < 4.78 is 81.2. The lowest BCUT2D eigenvalue weighted by Crippen LogP contribution is -2.47. The number of alkyl halides is 3. The Bertz CT molecular complexity index is 1260. The molecule has 2 saturated heterocycles. The van der Waals surface area contributed by atoms with Gasteiger partial charge in [0.15, 0.2) is 17.2 Å². The standard InChI is InChI=1S/C26H29F5N4O4/c1-14-19(16-6-7-17(27)20(28)21(16)38-4)22(39-25(14,2)26(29,30)31)23(36)33-15-8-9-32-18(12-15)24(37)35-11-5-10-34(3)13-35/h6-9,12,14,19,22H,5,10-11,13H2,1-4H3,(H,32,33,36)/t14-,19-,22+,25+/m0/s1. The van der Waals surface area contributed by atoms with Crippen molar-refractivity contribution < 1.29 is 41.0 Å². The van der Waals surface area contributed by atoms with E-state index in [1.807, 2.05) is 11.9 Å². The highest BCUT2D eigenvalue weighted by Crippen LogP contribution is 2.55. The van der Waals surface area contributed by atoms with Crippen molar-refractivity contribution in [1.82, 2.24) is 14.8 Å². The summed E-state index contributed by atoms with van der Waals surface area (Å²) in [5, 5.41) is 2.50. The maximum atomic E-state index is 14.5. The zero-order valence-corrected chi connectivity index (χ0v) is 21.8. The fraction of sp³-hybridized carbons (Fsp3) is 0.500. The molecular formula is C26H29F5N4O4. The van der Waals surface area contributed by atoms with E-state index in [1.54, 1.807) is 4.90 Å². The van der Waals surface area contributed by atoms with Crippen LogP contribution < -0.4 is 10.1 Å². The first-order chi connectivity index (χ1) is 18.3. The van der Waals surface area contributed by atoms with Gasteiger partial charge in [-0.15, -0.1) is 0 Å². The van der Waals surface area contributed by atoms with Crippen molar-refractivity contribution in [3.63, 3.8) is 0 Å². The van der Waals surface area contributed by atoms with Crippen LogP contribution in [0, 0.1) is 17.6 Å². The van der Waals surface area contributed by atoms with Crippen LogP contribution in [0.5, 0.6) is 5.75 Å². The number of pyridine rings is 1. The molecule has 39 heavy (non-hydrogen) atoms. The zero-order valence-electron chi connectivity index (χ0n) is 21.8. The number of carbonyl (C=O) groups excluding carboxylic acids is 2. The van der Waals surface area contributed by atoms with Gasteiger partial charge < -0.3 is 19.7 Å². The van der Waals surface area contributed by atoms with Crippen LogP contribution in [-0.2, 0) is 9.53 Å². The lowest BCUT2D eigenvalue weighted by molar-refractivity contribution is -0.272. The zero-order chi connectivity index (χ0) is 28.7. The van der Waals surface area contributed by atoms with Gasteiger partial charge in [-0.05, 0) is 38.6 Å². The largest absolute Gasteiger partial charge is 0.493 e. The number of hydrogen-bond donors (Lipinski definition) is 1. The molecule has 13 heteroatoms.